The van der Waals surface area contributed by atoms with Crippen molar-refractivity contribution in [2.75, 3.05) is 13.2 Å². The van der Waals surface area contributed by atoms with E-state index in [9.17, 15) is 4.39 Å². The summed E-state index contributed by atoms with van der Waals surface area (Å²) >= 11 is 0. The molecule has 1 aromatic heterocycles. The van der Waals surface area contributed by atoms with Crippen molar-refractivity contribution in [3.63, 3.8) is 0 Å². The maximum Gasteiger partial charge on any atom is 0.102 e. The summed E-state index contributed by atoms with van der Waals surface area (Å²) in [6.07, 6.45) is 5.41. The average molecular weight is 219 g/mol. The first-order valence-corrected chi connectivity index (χ1v) is 5.24. The maximum absolute atomic E-state index is 11.9. The molecule has 0 unspecified atom stereocenters. The van der Waals surface area contributed by atoms with Gasteiger partial charge < -0.3 is 9.88 Å². The monoisotopic (exact) mass is 219 g/mol. The van der Waals surface area contributed by atoms with Gasteiger partial charge in [-0.2, -0.15) is 0 Å². The first-order chi connectivity index (χ1) is 7.90. The predicted molar refractivity (Wildman–Crippen MR) is 61.2 cm³/mol. The molecule has 0 aliphatic carbocycles. The van der Waals surface area contributed by atoms with Gasteiger partial charge in [0.1, 0.15) is 6.67 Å². The molecule has 0 spiro atoms. The highest BCUT2D eigenvalue weighted by Gasteiger charge is 1.96. The van der Waals surface area contributed by atoms with E-state index in [4.69, 9.17) is 0 Å². The molecule has 16 heavy (non-hydrogen) atoms. The van der Waals surface area contributed by atoms with E-state index in [-0.39, 0.29) is 6.67 Å². The quantitative estimate of drug-likeness (QED) is 0.779. The lowest BCUT2D eigenvalue weighted by Crippen LogP contribution is -2.15. The fraction of sp³-hybridized carbons (Fsp3) is 0.250. The Hall–Kier alpha value is -1.68. The van der Waals surface area contributed by atoms with E-state index in [1.807, 2.05) is 35.0 Å². The van der Waals surface area contributed by atoms with Crippen molar-refractivity contribution < 1.29 is 4.39 Å². The number of alkyl halides is 1. The van der Waals surface area contributed by atoms with Crippen LogP contribution in [-0.2, 0) is 6.54 Å². The largest absolute Gasteiger partial charge is 0.310 e. The second-order valence-electron chi connectivity index (χ2n) is 3.50. The Labute approximate surface area is 93.9 Å². The van der Waals surface area contributed by atoms with Gasteiger partial charge in [0, 0.05) is 31.2 Å². The lowest BCUT2D eigenvalue weighted by Gasteiger charge is -2.05. The Bertz CT molecular complexity index is 408. The molecule has 0 fully saturated rings. The van der Waals surface area contributed by atoms with E-state index in [0.717, 1.165) is 11.3 Å². The van der Waals surface area contributed by atoms with Gasteiger partial charge in [0.05, 0.1) is 6.33 Å². The summed E-state index contributed by atoms with van der Waals surface area (Å²) < 4.78 is 13.8. The Balaban J connectivity index is 2.00. The average Bonchev–Trinajstić information content (AvgIpc) is 2.84. The molecule has 0 radical (unpaired) electrons. The van der Waals surface area contributed by atoms with E-state index in [1.54, 1.807) is 12.5 Å². The summed E-state index contributed by atoms with van der Waals surface area (Å²) in [6, 6.07) is 8.10. The van der Waals surface area contributed by atoms with Gasteiger partial charge >= 0.3 is 0 Å². The van der Waals surface area contributed by atoms with Gasteiger partial charge in [-0.25, -0.2) is 9.37 Å². The molecule has 1 heterocycles. The molecule has 0 amide bonds. The topological polar surface area (TPSA) is 29.9 Å². The van der Waals surface area contributed by atoms with E-state index < -0.39 is 0 Å². The maximum atomic E-state index is 11.9. The van der Waals surface area contributed by atoms with Crippen molar-refractivity contribution in [2.45, 2.75) is 6.54 Å². The summed E-state index contributed by atoms with van der Waals surface area (Å²) in [7, 11) is 0. The van der Waals surface area contributed by atoms with Crippen LogP contribution in [0.5, 0.6) is 0 Å². The highest BCUT2D eigenvalue weighted by molar-refractivity contribution is 5.34. The number of halogens is 1. The van der Waals surface area contributed by atoms with Crippen LogP contribution in [0.1, 0.15) is 5.56 Å². The lowest BCUT2D eigenvalue weighted by atomic mass is 10.2. The third kappa shape index (κ3) is 2.67. The zero-order valence-electron chi connectivity index (χ0n) is 8.94. The summed E-state index contributed by atoms with van der Waals surface area (Å²) in [5.41, 5.74) is 2.23. The highest BCUT2D eigenvalue weighted by Crippen LogP contribution is 2.08. The minimum atomic E-state index is -0.326. The highest BCUT2D eigenvalue weighted by atomic mass is 19.1. The number of hydrogen-bond acceptors (Lipinski definition) is 2. The number of rotatable bonds is 5. The fourth-order valence-electron chi connectivity index (χ4n) is 1.50. The van der Waals surface area contributed by atoms with Crippen LogP contribution in [0.4, 0.5) is 4.39 Å². The zero-order valence-corrected chi connectivity index (χ0v) is 8.94. The molecule has 2 rings (SSSR count). The van der Waals surface area contributed by atoms with Gasteiger partial charge in [-0.15, -0.1) is 0 Å². The van der Waals surface area contributed by atoms with Crippen molar-refractivity contribution in [1.82, 2.24) is 14.9 Å². The molecule has 3 nitrogen and oxygen atoms in total. The number of nitrogens with zero attached hydrogens (tertiary/aromatic N) is 2. The van der Waals surface area contributed by atoms with Gasteiger partial charge in [-0.3, -0.25) is 0 Å². The molecule has 1 N–H and O–H groups in total. The van der Waals surface area contributed by atoms with E-state index >= 15 is 0 Å². The molecule has 0 aliphatic rings. The van der Waals surface area contributed by atoms with Crippen LogP contribution >= 0.6 is 0 Å². The van der Waals surface area contributed by atoms with Crippen LogP contribution in [-0.4, -0.2) is 22.8 Å². The smallest absolute Gasteiger partial charge is 0.102 e. The second-order valence-corrected chi connectivity index (χ2v) is 3.50. The van der Waals surface area contributed by atoms with Crippen molar-refractivity contribution in [3.05, 3.63) is 48.5 Å². The molecule has 4 heteroatoms. The van der Waals surface area contributed by atoms with E-state index in [1.165, 1.54) is 0 Å². The summed E-state index contributed by atoms with van der Waals surface area (Å²) in [6.45, 7) is 0.782. The van der Waals surface area contributed by atoms with Crippen molar-refractivity contribution in [3.8, 4) is 5.69 Å². The first kappa shape index (κ1) is 10.8. The van der Waals surface area contributed by atoms with Gasteiger partial charge in [0.15, 0.2) is 0 Å². The fourth-order valence-corrected chi connectivity index (χ4v) is 1.50. The van der Waals surface area contributed by atoms with Gasteiger partial charge in [0.25, 0.3) is 0 Å². The minimum absolute atomic E-state index is 0.326. The molecular weight excluding hydrogens is 205 g/mol. The van der Waals surface area contributed by atoms with Crippen molar-refractivity contribution in [2.24, 2.45) is 0 Å². The van der Waals surface area contributed by atoms with Crippen LogP contribution in [0, 0.1) is 0 Å². The SMILES string of the molecule is FCCNCc1ccc(-n2ccnc2)cc1. The number of nitrogens with one attached hydrogen (secondary N) is 1. The zero-order chi connectivity index (χ0) is 11.2. The lowest BCUT2D eigenvalue weighted by molar-refractivity contribution is 0.467. The van der Waals surface area contributed by atoms with E-state index in [0.29, 0.717) is 13.1 Å². The van der Waals surface area contributed by atoms with Crippen LogP contribution in [0.3, 0.4) is 0 Å². The second kappa shape index (κ2) is 5.42. The molecule has 0 aliphatic heterocycles. The summed E-state index contributed by atoms with van der Waals surface area (Å²) in [5, 5.41) is 3.01. The third-order valence-corrected chi connectivity index (χ3v) is 2.34. The number of benzene rings is 1. The molecule has 2 aromatic rings. The molecular formula is C12H14FN3. The van der Waals surface area contributed by atoms with Gasteiger partial charge in [0.2, 0.25) is 0 Å². The Morgan fingerprint density at radius 2 is 2.06 bits per heavy atom. The minimum Gasteiger partial charge on any atom is -0.310 e. The standard InChI is InChI=1S/C12H14FN3/c13-5-6-14-9-11-1-3-12(4-2-11)16-8-7-15-10-16/h1-4,7-8,10,14H,5-6,9H2. The molecule has 84 valence electrons. The van der Waals surface area contributed by atoms with Gasteiger partial charge in [-0.05, 0) is 17.7 Å². The Morgan fingerprint density at radius 1 is 1.25 bits per heavy atom. The van der Waals surface area contributed by atoms with Crippen LogP contribution in [0.2, 0.25) is 0 Å². The molecule has 0 saturated carbocycles. The van der Waals surface area contributed by atoms with Crippen LogP contribution < -0.4 is 5.32 Å². The third-order valence-electron chi connectivity index (χ3n) is 2.34. The van der Waals surface area contributed by atoms with Gasteiger partial charge in [-0.1, -0.05) is 12.1 Å². The summed E-state index contributed by atoms with van der Waals surface area (Å²) in [5.74, 6) is 0. The molecule has 0 bridgehead atoms. The Morgan fingerprint density at radius 3 is 2.69 bits per heavy atom. The molecule has 1 aromatic carbocycles. The molecule has 0 saturated heterocycles. The van der Waals surface area contributed by atoms with Crippen molar-refractivity contribution in [1.29, 1.82) is 0 Å². The predicted octanol–water partition coefficient (Wildman–Crippen LogP) is 1.93. The number of hydrogen-bond donors (Lipinski definition) is 1. The van der Waals surface area contributed by atoms with E-state index in [2.05, 4.69) is 10.3 Å². The summed E-state index contributed by atoms with van der Waals surface area (Å²) in [4.78, 5) is 3.99. The van der Waals surface area contributed by atoms with Crippen molar-refractivity contribution >= 4 is 0 Å². The Kier molecular flexibility index (Phi) is 3.66. The van der Waals surface area contributed by atoms with Crippen LogP contribution in [0.25, 0.3) is 5.69 Å². The first-order valence-electron chi connectivity index (χ1n) is 5.24. The molecule has 0 atom stereocenters. The normalized spacial score (nSPS) is 10.6. The number of imidazole rings is 1. The number of aromatic nitrogens is 2. The van der Waals surface area contributed by atoms with Crippen LogP contribution in [0.15, 0.2) is 43.0 Å².